The first-order valence-corrected chi connectivity index (χ1v) is 10.7. The topological polar surface area (TPSA) is 55.3 Å². The van der Waals surface area contributed by atoms with Crippen molar-refractivity contribution in [1.82, 2.24) is 19.7 Å². The van der Waals surface area contributed by atoms with Crippen LogP contribution in [0.1, 0.15) is 12.2 Å². The van der Waals surface area contributed by atoms with E-state index in [9.17, 15) is 0 Å². The molecule has 0 radical (unpaired) electrons. The summed E-state index contributed by atoms with van der Waals surface area (Å²) in [5.41, 5.74) is 0. The Kier molecular flexibility index (Phi) is 6.41. The molecule has 3 aromatic rings. The van der Waals surface area contributed by atoms with Gasteiger partial charge in [0, 0.05) is 30.7 Å². The van der Waals surface area contributed by atoms with Crippen LogP contribution in [0, 0.1) is 4.77 Å². The lowest BCUT2D eigenvalue weighted by molar-refractivity contribution is 0.0368. The molecule has 1 aliphatic heterocycles. The van der Waals surface area contributed by atoms with Crippen LogP contribution in [0.25, 0.3) is 10.8 Å². The lowest BCUT2D eigenvalue weighted by Gasteiger charge is -2.26. The summed E-state index contributed by atoms with van der Waals surface area (Å²) in [6.07, 6.45) is 1.02. The second-order valence-corrected chi connectivity index (χ2v) is 8.15. The number of H-pyrrole nitrogens is 1. The van der Waals surface area contributed by atoms with Crippen LogP contribution in [0.2, 0.25) is 0 Å². The maximum absolute atomic E-state index is 5.99. The van der Waals surface area contributed by atoms with Crippen molar-refractivity contribution in [3.05, 3.63) is 51.5 Å². The molecule has 148 valence electrons. The van der Waals surface area contributed by atoms with Crippen molar-refractivity contribution in [2.75, 3.05) is 32.8 Å². The molecule has 0 aliphatic carbocycles. The van der Waals surface area contributed by atoms with Gasteiger partial charge in [0.05, 0.1) is 13.2 Å². The molecule has 1 fully saturated rings. The number of aromatic nitrogens is 3. The van der Waals surface area contributed by atoms with Crippen LogP contribution < -0.4 is 4.74 Å². The zero-order chi connectivity index (χ0) is 19.3. The van der Waals surface area contributed by atoms with Crippen molar-refractivity contribution in [2.24, 2.45) is 0 Å². The molecule has 0 saturated carbocycles. The van der Waals surface area contributed by atoms with E-state index in [1.807, 2.05) is 22.8 Å². The monoisotopic (exact) mass is 462 g/mol. The molecule has 1 aromatic heterocycles. The Bertz CT molecular complexity index is 997. The van der Waals surface area contributed by atoms with Crippen LogP contribution in [0.5, 0.6) is 5.75 Å². The molecule has 2 aromatic carbocycles. The number of hydrogen-bond acceptors (Lipinski definition) is 5. The van der Waals surface area contributed by atoms with E-state index in [-0.39, 0.29) is 0 Å². The Morgan fingerprint density at radius 2 is 1.89 bits per heavy atom. The Hall–Kier alpha value is -1.74. The van der Waals surface area contributed by atoms with Gasteiger partial charge in [0.2, 0.25) is 0 Å². The summed E-state index contributed by atoms with van der Waals surface area (Å²) >= 11 is 8.90. The lowest BCUT2D eigenvalue weighted by atomic mass is 10.1. The van der Waals surface area contributed by atoms with Crippen LogP contribution in [0.15, 0.2) is 40.9 Å². The van der Waals surface area contributed by atoms with Crippen LogP contribution >= 0.6 is 28.1 Å². The van der Waals surface area contributed by atoms with E-state index >= 15 is 0 Å². The maximum Gasteiger partial charge on any atom is 0.195 e. The molecule has 6 nitrogen and oxygen atoms in total. The molecule has 0 amide bonds. The fourth-order valence-electron chi connectivity index (χ4n) is 3.40. The van der Waals surface area contributed by atoms with Crippen LogP contribution in [-0.4, -0.2) is 52.5 Å². The highest BCUT2D eigenvalue weighted by Crippen LogP contribution is 2.24. The Morgan fingerprint density at radius 3 is 2.75 bits per heavy atom. The first-order valence-electron chi connectivity index (χ1n) is 9.45. The van der Waals surface area contributed by atoms with Gasteiger partial charge >= 0.3 is 0 Å². The number of ether oxygens (including phenoxy) is 2. The van der Waals surface area contributed by atoms with Gasteiger partial charge in [-0.3, -0.25) is 10.00 Å². The molecule has 8 heteroatoms. The first-order chi connectivity index (χ1) is 13.7. The summed E-state index contributed by atoms with van der Waals surface area (Å²) in [4.78, 5) is 2.43. The quantitative estimate of drug-likeness (QED) is 0.534. The molecule has 1 aliphatic rings. The predicted molar refractivity (Wildman–Crippen MR) is 115 cm³/mol. The Labute approximate surface area is 177 Å². The lowest BCUT2D eigenvalue weighted by Crippen LogP contribution is -2.37. The third-order valence-corrected chi connectivity index (χ3v) is 5.74. The van der Waals surface area contributed by atoms with Crippen molar-refractivity contribution >= 4 is 38.9 Å². The number of nitrogens with zero attached hydrogens (tertiary/aromatic N) is 3. The molecule has 1 N–H and O–H groups in total. The van der Waals surface area contributed by atoms with Crippen LogP contribution in [0.4, 0.5) is 0 Å². The van der Waals surface area contributed by atoms with Gasteiger partial charge in [-0.05, 0) is 53.7 Å². The highest BCUT2D eigenvalue weighted by Gasteiger charge is 2.11. The first kappa shape index (κ1) is 19.6. The number of aromatic amines is 1. The zero-order valence-electron chi connectivity index (χ0n) is 15.6. The molecule has 2 heterocycles. The van der Waals surface area contributed by atoms with E-state index in [1.54, 1.807) is 0 Å². The summed E-state index contributed by atoms with van der Waals surface area (Å²) in [5, 5.41) is 9.56. The van der Waals surface area contributed by atoms with Gasteiger partial charge in [0.25, 0.3) is 0 Å². The van der Waals surface area contributed by atoms with Crippen molar-refractivity contribution in [1.29, 1.82) is 0 Å². The highest BCUT2D eigenvalue weighted by molar-refractivity contribution is 9.10. The number of halogens is 1. The van der Waals surface area contributed by atoms with Gasteiger partial charge in [-0.25, -0.2) is 0 Å². The van der Waals surface area contributed by atoms with E-state index in [2.05, 4.69) is 49.2 Å². The summed E-state index contributed by atoms with van der Waals surface area (Å²) in [6, 6.07) is 12.3. The SMILES string of the molecule is S=c1[nH]nc(COc2ccc3cc(Br)ccc3c2)n1CCCN1CCOCC1. The maximum atomic E-state index is 5.99. The second-order valence-electron chi connectivity index (χ2n) is 6.85. The average Bonchev–Trinajstić information content (AvgIpc) is 3.07. The molecule has 1 saturated heterocycles. The Morgan fingerprint density at radius 1 is 1.11 bits per heavy atom. The number of nitrogens with one attached hydrogen (secondary N) is 1. The second kappa shape index (κ2) is 9.17. The van der Waals surface area contributed by atoms with Gasteiger partial charge in [0.1, 0.15) is 12.4 Å². The van der Waals surface area contributed by atoms with Gasteiger partial charge in [-0.15, -0.1) is 0 Å². The average molecular weight is 463 g/mol. The van der Waals surface area contributed by atoms with Crippen molar-refractivity contribution < 1.29 is 9.47 Å². The minimum absolute atomic E-state index is 0.382. The third kappa shape index (κ3) is 4.81. The summed E-state index contributed by atoms with van der Waals surface area (Å²) < 4.78 is 15.1. The molecule has 0 spiro atoms. The summed E-state index contributed by atoms with van der Waals surface area (Å²) in [5.74, 6) is 1.64. The van der Waals surface area contributed by atoms with Gasteiger partial charge < -0.3 is 14.0 Å². The third-order valence-electron chi connectivity index (χ3n) is 4.94. The normalized spacial score (nSPS) is 15.2. The van der Waals surface area contributed by atoms with Gasteiger partial charge in [0.15, 0.2) is 10.6 Å². The summed E-state index contributed by atoms with van der Waals surface area (Å²) in [7, 11) is 0. The van der Waals surface area contributed by atoms with E-state index in [1.165, 1.54) is 5.39 Å². The fourth-order valence-corrected chi connectivity index (χ4v) is 4.02. The molecular weight excluding hydrogens is 440 g/mol. The number of benzene rings is 2. The summed E-state index contributed by atoms with van der Waals surface area (Å²) in [6.45, 7) is 5.91. The van der Waals surface area contributed by atoms with E-state index in [0.717, 1.165) is 67.2 Å². The zero-order valence-corrected chi connectivity index (χ0v) is 18.0. The standard InChI is InChI=1S/C20H23BrN4O2S/c21-17-4-2-16-13-18(5-3-15(16)12-17)27-14-19-22-23-20(28)25(19)7-1-6-24-8-10-26-11-9-24/h2-5,12-13H,1,6-11,14H2,(H,23,28). The smallest absolute Gasteiger partial charge is 0.195 e. The van der Waals surface area contributed by atoms with Crippen LogP contribution in [0.3, 0.4) is 0 Å². The van der Waals surface area contributed by atoms with E-state index in [4.69, 9.17) is 21.7 Å². The fraction of sp³-hybridized carbons (Fsp3) is 0.400. The number of rotatable bonds is 7. The Balaban J connectivity index is 1.37. The molecule has 28 heavy (non-hydrogen) atoms. The minimum atomic E-state index is 0.382. The molecule has 4 rings (SSSR count). The van der Waals surface area contributed by atoms with Crippen molar-refractivity contribution in [3.8, 4) is 5.75 Å². The predicted octanol–water partition coefficient (Wildman–Crippen LogP) is 4.16. The molecule has 0 unspecified atom stereocenters. The van der Waals surface area contributed by atoms with E-state index in [0.29, 0.717) is 11.4 Å². The van der Waals surface area contributed by atoms with Gasteiger partial charge in [-0.2, -0.15) is 5.10 Å². The number of hydrogen-bond donors (Lipinski definition) is 1. The van der Waals surface area contributed by atoms with Crippen LogP contribution in [-0.2, 0) is 17.9 Å². The molecule has 0 bridgehead atoms. The van der Waals surface area contributed by atoms with Crippen molar-refractivity contribution in [2.45, 2.75) is 19.6 Å². The van der Waals surface area contributed by atoms with E-state index < -0.39 is 0 Å². The molecular formula is C20H23BrN4O2S. The van der Waals surface area contributed by atoms with Gasteiger partial charge in [-0.1, -0.05) is 28.1 Å². The number of fused-ring (bicyclic) bond motifs is 1. The minimum Gasteiger partial charge on any atom is -0.486 e. The highest BCUT2D eigenvalue weighted by atomic mass is 79.9. The largest absolute Gasteiger partial charge is 0.486 e. The van der Waals surface area contributed by atoms with Crippen molar-refractivity contribution in [3.63, 3.8) is 0 Å². The molecule has 0 atom stereocenters. The number of morpholine rings is 1.